The Morgan fingerprint density at radius 2 is 2.32 bits per heavy atom. The van der Waals surface area contributed by atoms with Crippen molar-refractivity contribution in [1.29, 1.82) is 0 Å². The second-order valence-corrected chi connectivity index (χ2v) is 6.11. The number of nitrogens with zero attached hydrogens (tertiary/aromatic N) is 2. The highest BCUT2D eigenvalue weighted by Crippen LogP contribution is 2.28. The maximum absolute atomic E-state index is 11.1. The van der Waals surface area contributed by atoms with Gasteiger partial charge in [-0.05, 0) is 18.2 Å². The highest BCUT2D eigenvalue weighted by Gasteiger charge is 2.07. The molecule has 0 bridgehead atoms. The normalized spacial score (nSPS) is 10.2. The Balaban J connectivity index is 1.95. The molecule has 0 atom stereocenters. The summed E-state index contributed by atoms with van der Waals surface area (Å²) in [5, 5.41) is 15.0. The van der Waals surface area contributed by atoms with E-state index in [0.29, 0.717) is 15.9 Å². The van der Waals surface area contributed by atoms with Crippen molar-refractivity contribution in [2.45, 2.75) is 4.34 Å². The Bertz CT molecular complexity index is 575. The van der Waals surface area contributed by atoms with Crippen LogP contribution >= 0.6 is 34.7 Å². The van der Waals surface area contributed by atoms with Crippen molar-refractivity contribution in [2.75, 3.05) is 18.1 Å². The van der Waals surface area contributed by atoms with Crippen molar-refractivity contribution in [2.24, 2.45) is 0 Å². The van der Waals surface area contributed by atoms with E-state index < -0.39 is 0 Å². The molecule has 1 aromatic heterocycles. The monoisotopic (exact) mass is 314 g/mol. The van der Waals surface area contributed by atoms with Gasteiger partial charge in [-0.2, -0.15) is 0 Å². The average molecular weight is 315 g/mol. The van der Waals surface area contributed by atoms with E-state index in [1.165, 1.54) is 23.1 Å². The lowest BCUT2D eigenvalue weighted by atomic mass is 10.3. The fourth-order valence-corrected chi connectivity index (χ4v) is 3.04. The number of aromatic nitrogens is 2. The summed E-state index contributed by atoms with van der Waals surface area (Å²) in [6, 6.07) is 7.36. The molecule has 0 radical (unpaired) electrons. The Labute approximate surface area is 123 Å². The van der Waals surface area contributed by atoms with Gasteiger partial charge in [-0.1, -0.05) is 40.8 Å². The molecule has 2 N–H and O–H groups in total. The van der Waals surface area contributed by atoms with Crippen molar-refractivity contribution < 1.29 is 4.79 Å². The molecule has 0 spiro atoms. The molecule has 1 aromatic carbocycles. The summed E-state index contributed by atoms with van der Waals surface area (Å²) in [6.45, 7) is 0. The van der Waals surface area contributed by atoms with E-state index >= 15 is 0 Å². The van der Waals surface area contributed by atoms with Gasteiger partial charge in [0.1, 0.15) is 0 Å². The van der Waals surface area contributed by atoms with Gasteiger partial charge in [-0.25, -0.2) is 0 Å². The van der Waals surface area contributed by atoms with Gasteiger partial charge >= 0.3 is 0 Å². The highest BCUT2D eigenvalue weighted by molar-refractivity contribution is 8.01. The summed E-state index contributed by atoms with van der Waals surface area (Å²) in [7, 11) is 1.61. The minimum atomic E-state index is -0.0375. The minimum absolute atomic E-state index is 0.0375. The van der Waals surface area contributed by atoms with Gasteiger partial charge in [-0.3, -0.25) is 4.79 Å². The summed E-state index contributed by atoms with van der Waals surface area (Å²) >= 11 is 8.64. The molecule has 19 heavy (non-hydrogen) atoms. The zero-order chi connectivity index (χ0) is 13.7. The predicted octanol–water partition coefficient (Wildman–Crippen LogP) is 2.77. The first kappa shape index (κ1) is 14.1. The second-order valence-electron chi connectivity index (χ2n) is 3.47. The van der Waals surface area contributed by atoms with Crippen LogP contribution in [-0.2, 0) is 4.79 Å². The molecule has 0 saturated heterocycles. The average Bonchev–Trinajstić information content (AvgIpc) is 2.83. The number of thioether (sulfide) groups is 1. The van der Waals surface area contributed by atoms with Crippen LogP contribution in [0.25, 0.3) is 0 Å². The number of hydrogen-bond donors (Lipinski definition) is 2. The quantitative estimate of drug-likeness (QED) is 0.831. The standard InChI is InChI=1S/C11H11ClN4OS2/c1-13-9(17)6-18-11-16-15-10(19-11)14-8-4-2-3-7(12)5-8/h2-5H,6H2,1H3,(H,13,17)(H,14,15). The largest absolute Gasteiger partial charge is 0.358 e. The van der Waals surface area contributed by atoms with Crippen LogP contribution in [0.4, 0.5) is 10.8 Å². The predicted molar refractivity (Wildman–Crippen MR) is 79.4 cm³/mol. The van der Waals surface area contributed by atoms with E-state index in [2.05, 4.69) is 20.8 Å². The number of halogens is 1. The number of carbonyl (C=O) groups excluding carboxylic acids is 1. The van der Waals surface area contributed by atoms with Gasteiger partial charge in [0.15, 0.2) is 4.34 Å². The van der Waals surface area contributed by atoms with Crippen molar-refractivity contribution >= 4 is 51.4 Å². The number of amides is 1. The van der Waals surface area contributed by atoms with E-state index in [1.807, 2.05) is 12.1 Å². The Morgan fingerprint density at radius 1 is 1.47 bits per heavy atom. The lowest BCUT2D eigenvalue weighted by Gasteiger charge is -2.01. The maximum Gasteiger partial charge on any atom is 0.230 e. The fourth-order valence-electron chi connectivity index (χ4n) is 1.21. The van der Waals surface area contributed by atoms with Gasteiger partial charge in [0.25, 0.3) is 0 Å². The van der Waals surface area contributed by atoms with E-state index in [-0.39, 0.29) is 5.91 Å². The molecular weight excluding hydrogens is 304 g/mol. The molecule has 1 heterocycles. The molecule has 0 aliphatic heterocycles. The van der Waals surface area contributed by atoms with Crippen LogP contribution in [-0.4, -0.2) is 28.9 Å². The van der Waals surface area contributed by atoms with Crippen molar-refractivity contribution in [3.63, 3.8) is 0 Å². The van der Waals surface area contributed by atoms with Gasteiger partial charge in [0.05, 0.1) is 5.75 Å². The third-order valence-corrected chi connectivity index (χ3v) is 4.30. The van der Waals surface area contributed by atoms with Crippen LogP contribution in [0, 0.1) is 0 Å². The third-order valence-electron chi connectivity index (χ3n) is 2.09. The van der Waals surface area contributed by atoms with Crippen molar-refractivity contribution in [3.05, 3.63) is 29.3 Å². The van der Waals surface area contributed by atoms with E-state index in [4.69, 9.17) is 11.6 Å². The Morgan fingerprint density at radius 3 is 3.05 bits per heavy atom. The summed E-state index contributed by atoms with van der Waals surface area (Å²) in [5.41, 5.74) is 0.853. The number of hydrogen-bond acceptors (Lipinski definition) is 6. The maximum atomic E-state index is 11.1. The molecule has 2 aromatic rings. The van der Waals surface area contributed by atoms with Crippen LogP contribution in [0.5, 0.6) is 0 Å². The van der Waals surface area contributed by atoms with Crippen molar-refractivity contribution in [3.8, 4) is 0 Å². The van der Waals surface area contributed by atoms with E-state index in [9.17, 15) is 4.79 Å². The molecule has 0 unspecified atom stereocenters. The molecule has 0 fully saturated rings. The molecule has 0 saturated carbocycles. The van der Waals surface area contributed by atoms with E-state index in [0.717, 1.165) is 10.0 Å². The lowest BCUT2D eigenvalue weighted by molar-refractivity contribution is -0.118. The molecule has 1 amide bonds. The first-order chi connectivity index (χ1) is 9.17. The lowest BCUT2D eigenvalue weighted by Crippen LogP contribution is -2.19. The SMILES string of the molecule is CNC(=O)CSc1nnc(Nc2cccc(Cl)c2)s1. The van der Waals surface area contributed by atoms with Crippen LogP contribution < -0.4 is 10.6 Å². The smallest absolute Gasteiger partial charge is 0.230 e. The topological polar surface area (TPSA) is 66.9 Å². The molecule has 5 nitrogen and oxygen atoms in total. The zero-order valence-electron chi connectivity index (χ0n) is 10.0. The summed E-state index contributed by atoms with van der Waals surface area (Å²) in [6.07, 6.45) is 0. The first-order valence-electron chi connectivity index (χ1n) is 5.37. The summed E-state index contributed by atoms with van der Waals surface area (Å²) in [4.78, 5) is 11.1. The number of nitrogens with one attached hydrogen (secondary N) is 2. The number of anilines is 2. The molecule has 0 aliphatic carbocycles. The molecule has 8 heteroatoms. The van der Waals surface area contributed by atoms with E-state index in [1.54, 1.807) is 19.2 Å². The van der Waals surface area contributed by atoms with Crippen LogP contribution in [0.2, 0.25) is 5.02 Å². The van der Waals surface area contributed by atoms with Crippen LogP contribution in [0.3, 0.4) is 0 Å². The summed E-state index contributed by atoms with van der Waals surface area (Å²) in [5.74, 6) is 0.298. The Hall–Kier alpha value is -1.31. The van der Waals surface area contributed by atoms with Gasteiger partial charge in [-0.15, -0.1) is 10.2 Å². The first-order valence-corrected chi connectivity index (χ1v) is 7.55. The number of rotatable bonds is 5. The van der Waals surface area contributed by atoms with Crippen LogP contribution in [0.15, 0.2) is 28.6 Å². The highest BCUT2D eigenvalue weighted by atomic mass is 35.5. The molecule has 2 rings (SSSR count). The second kappa shape index (κ2) is 6.74. The number of benzene rings is 1. The molecule has 100 valence electrons. The van der Waals surface area contributed by atoms with Crippen LogP contribution in [0.1, 0.15) is 0 Å². The van der Waals surface area contributed by atoms with Gasteiger partial charge < -0.3 is 10.6 Å². The van der Waals surface area contributed by atoms with Gasteiger partial charge in [0, 0.05) is 17.8 Å². The summed E-state index contributed by atoms with van der Waals surface area (Å²) < 4.78 is 0.744. The Kier molecular flexibility index (Phi) is 5.00. The minimum Gasteiger partial charge on any atom is -0.358 e. The molecule has 0 aliphatic rings. The zero-order valence-corrected chi connectivity index (χ0v) is 12.4. The third kappa shape index (κ3) is 4.38. The number of carbonyl (C=O) groups is 1. The fraction of sp³-hybridized carbons (Fsp3) is 0.182. The van der Waals surface area contributed by atoms with Crippen molar-refractivity contribution in [1.82, 2.24) is 15.5 Å². The van der Waals surface area contributed by atoms with Gasteiger partial charge in [0.2, 0.25) is 11.0 Å². The molecular formula is C11H11ClN4OS2.